The van der Waals surface area contributed by atoms with Crippen LogP contribution < -0.4 is 69.1 Å². The molecule has 1 aliphatic rings. The average Bonchev–Trinajstić information content (AvgIpc) is 1.66. The zero-order chi connectivity index (χ0) is 76.6. The maximum atomic E-state index is 11.9. The topological polar surface area (TPSA) is 98.3 Å². The zero-order valence-corrected chi connectivity index (χ0v) is 68.3. The smallest absolute Gasteiger partial charge is 0.399 e. The Kier molecular flexibility index (Phi) is 29.5. The van der Waals surface area contributed by atoms with Gasteiger partial charge in [0.15, 0.2) is 0 Å². The first-order valence-corrected chi connectivity index (χ1v) is 42.2. The van der Waals surface area contributed by atoms with E-state index in [0.29, 0.717) is 22.9 Å². The second-order valence-electron chi connectivity index (χ2n) is 27.7. The van der Waals surface area contributed by atoms with E-state index in [0.717, 1.165) is 16.6 Å². The van der Waals surface area contributed by atoms with E-state index in [-0.39, 0.29) is 26.1 Å². The van der Waals surface area contributed by atoms with Gasteiger partial charge in [-0.1, -0.05) is 400 Å². The van der Waals surface area contributed by atoms with E-state index in [2.05, 4.69) is 375 Å². The number of aromatic nitrogens is 1. The first-order chi connectivity index (χ1) is 53.6. The molecule has 0 aliphatic carbocycles. The van der Waals surface area contributed by atoms with Gasteiger partial charge in [0.05, 0.1) is 33.1 Å². The summed E-state index contributed by atoms with van der Waals surface area (Å²) in [7, 11) is -2.36. The maximum absolute atomic E-state index is 11.9. The van der Waals surface area contributed by atoms with Crippen LogP contribution in [0.2, 0.25) is 0 Å². The fraction of sp³-hybridized carbons (Fsp3) is 0.102. The van der Waals surface area contributed by atoms with Crippen LogP contribution in [0.1, 0.15) is 58.2 Å². The first-order valence-electron chi connectivity index (χ1n) is 36.9. The fourth-order valence-electron chi connectivity index (χ4n) is 12.7. The van der Waals surface area contributed by atoms with Gasteiger partial charge < -0.3 is 9.31 Å². The molecular weight excluding hydrogens is 1520 g/mol. The first kappa shape index (κ1) is 81.7. The summed E-state index contributed by atoms with van der Waals surface area (Å²) < 4.78 is 12.4. The molecule has 1 aromatic heterocycles. The van der Waals surface area contributed by atoms with Crippen molar-refractivity contribution in [3.8, 4) is 6.07 Å². The number of rotatable bonds is 17. The van der Waals surface area contributed by atoms with Crippen LogP contribution in [0.3, 0.4) is 0 Å². The van der Waals surface area contributed by atoms with Crippen molar-refractivity contribution in [3.63, 3.8) is 0 Å². The third-order valence-electron chi connectivity index (χ3n) is 19.2. The fourth-order valence-corrected chi connectivity index (χ4v) is 22.0. The summed E-state index contributed by atoms with van der Waals surface area (Å²) in [5, 5.41) is 38.7. The van der Waals surface area contributed by atoms with Crippen molar-refractivity contribution in [1.29, 1.82) is 5.26 Å². The van der Waals surface area contributed by atoms with Gasteiger partial charge in [0.25, 0.3) is 5.69 Å². The van der Waals surface area contributed by atoms with Crippen molar-refractivity contribution in [1.82, 2.24) is 4.98 Å². The van der Waals surface area contributed by atoms with Crippen molar-refractivity contribution >= 4 is 125 Å². The van der Waals surface area contributed by atoms with Crippen LogP contribution in [-0.2, 0) is 41.6 Å². The minimum atomic E-state index is -0.606. The number of nitriles is 1. The number of pyridine rings is 1. The molecular formula is C98H88BN3O4P4Pd. The van der Waals surface area contributed by atoms with E-state index >= 15 is 0 Å². The van der Waals surface area contributed by atoms with E-state index in [4.69, 9.17) is 9.31 Å². The van der Waals surface area contributed by atoms with Crippen LogP contribution in [0, 0.1) is 21.4 Å². The Morgan fingerprint density at radius 1 is 0.378 bits per heavy atom. The molecule has 0 unspecified atom stereocenters. The Morgan fingerprint density at radius 3 is 0.829 bits per heavy atom. The van der Waals surface area contributed by atoms with Crippen LogP contribution in [0.25, 0.3) is 10.9 Å². The summed E-state index contributed by atoms with van der Waals surface area (Å²) in [4.78, 5) is 15.8. The summed E-state index contributed by atoms with van der Waals surface area (Å²) >= 11 is 0. The second-order valence-corrected chi connectivity index (χ2v) is 36.6. The number of hydrogen-bond donors (Lipinski definition) is 0. The van der Waals surface area contributed by atoms with E-state index in [1.165, 1.54) is 69.9 Å². The van der Waals surface area contributed by atoms with E-state index < -0.39 is 60.3 Å². The number of hydrogen-bond acceptors (Lipinski definition) is 6. The molecule has 16 rings (SSSR count). The van der Waals surface area contributed by atoms with E-state index in [1.807, 2.05) is 84.0 Å². The molecule has 0 radical (unpaired) electrons. The molecule has 7 nitrogen and oxygen atoms in total. The second kappa shape index (κ2) is 40.1. The van der Waals surface area contributed by atoms with E-state index in [9.17, 15) is 15.4 Å². The molecule has 15 aromatic rings. The normalized spacial score (nSPS) is 12.5. The van der Waals surface area contributed by atoms with Crippen LogP contribution >= 0.6 is 31.7 Å². The van der Waals surface area contributed by atoms with Crippen molar-refractivity contribution in [2.24, 2.45) is 0 Å². The molecule has 1 fully saturated rings. The van der Waals surface area contributed by atoms with Gasteiger partial charge in [-0.3, -0.25) is 10.1 Å². The minimum absolute atomic E-state index is 0. The monoisotopic (exact) mass is 1610 g/mol. The van der Waals surface area contributed by atoms with Crippen LogP contribution in [0.5, 0.6) is 0 Å². The van der Waals surface area contributed by atoms with Crippen molar-refractivity contribution < 1.29 is 34.7 Å². The number of nitrogens with zero attached hydrogens (tertiary/aromatic N) is 3. The van der Waals surface area contributed by atoms with Crippen molar-refractivity contribution in [2.45, 2.75) is 64.6 Å². The molecule has 1 aliphatic heterocycles. The van der Waals surface area contributed by atoms with Gasteiger partial charge in [0, 0.05) is 37.8 Å². The molecule has 1 saturated heterocycles. The molecule has 111 heavy (non-hydrogen) atoms. The Hall–Kier alpha value is -10.3. The third kappa shape index (κ3) is 21.7. The maximum Gasteiger partial charge on any atom is 0.494 e. The van der Waals surface area contributed by atoms with Gasteiger partial charge >= 0.3 is 7.12 Å². The van der Waals surface area contributed by atoms with Crippen LogP contribution in [0.4, 0.5) is 5.69 Å². The number of nitro groups is 1. The average molecular weight is 1610 g/mol. The number of benzene rings is 14. The minimum Gasteiger partial charge on any atom is -0.399 e. The Morgan fingerprint density at radius 2 is 0.613 bits per heavy atom. The van der Waals surface area contributed by atoms with E-state index in [1.54, 1.807) is 0 Å². The summed E-state index contributed by atoms with van der Waals surface area (Å²) in [5.41, 5.74) is 2.24. The quantitative estimate of drug-likeness (QED) is 0.0390. The molecule has 0 atom stereocenters. The Balaban J connectivity index is 0.000000141. The standard InChI is InChI=1S/C26H28BN3O4.4C18H15P.Pd/c1-24(2,16-28)18-9-7-17(8-10-18)13-21-20-14-19(27-33-25(3,4)26(5,6)34-27)11-12-22(20)29-15-23(21)30(31)32;4*1-4-10-16(11-5-1)19(17-12-6-2-7-13-17)18-14-8-3-9-15-18;/h7-12,14-15H,13H2,1-6H3;4*1-15H;. The molecule has 0 N–H and O–H groups in total. The molecule has 2 heterocycles. The predicted octanol–water partition coefficient (Wildman–Crippen LogP) is 18.6. The SMILES string of the molecule is CC(C)(C#N)c1ccc(Cc2c([N+](=O)[O-])cnc3ccc(B4OC(C)(C)C(C)(C)O4)cc23)cc1.[Pd].c1ccc(P(c2ccccc2)c2ccccc2)cc1.c1ccc(P(c2ccccc2)c2ccccc2)cc1.c1ccc(P(c2ccccc2)c2ccccc2)cc1.c1ccc(P(c2ccccc2)c2ccccc2)cc1. The molecule has 0 amide bonds. The van der Waals surface area contributed by atoms with Crippen molar-refractivity contribution in [3.05, 3.63) is 439 Å². The van der Waals surface area contributed by atoms with Gasteiger partial charge in [-0.15, -0.1) is 0 Å². The summed E-state index contributed by atoms with van der Waals surface area (Å²) in [6, 6.07) is 145. The summed E-state index contributed by atoms with van der Waals surface area (Å²) in [6.07, 6.45) is 1.68. The molecule has 0 saturated carbocycles. The van der Waals surface area contributed by atoms with Gasteiger partial charge in [-0.05, 0) is 160 Å². The van der Waals surface area contributed by atoms with Gasteiger partial charge in [0.2, 0.25) is 0 Å². The molecule has 14 aromatic carbocycles. The summed E-state index contributed by atoms with van der Waals surface area (Å²) in [5.74, 6) is 0. The largest absolute Gasteiger partial charge is 0.494 e. The summed E-state index contributed by atoms with van der Waals surface area (Å²) in [6.45, 7) is 11.7. The Bertz CT molecular complexity index is 4490. The van der Waals surface area contributed by atoms with Crippen molar-refractivity contribution in [2.75, 3.05) is 0 Å². The van der Waals surface area contributed by atoms with Crippen LogP contribution in [0.15, 0.2) is 413 Å². The van der Waals surface area contributed by atoms with Crippen LogP contribution in [-0.4, -0.2) is 28.2 Å². The molecule has 13 heteroatoms. The zero-order valence-electron chi connectivity index (χ0n) is 63.1. The third-order valence-corrected chi connectivity index (χ3v) is 29.0. The number of fused-ring (bicyclic) bond motifs is 1. The van der Waals surface area contributed by atoms with Gasteiger partial charge in [-0.25, -0.2) is 4.98 Å². The Labute approximate surface area is 674 Å². The van der Waals surface area contributed by atoms with Gasteiger partial charge in [-0.2, -0.15) is 5.26 Å². The molecule has 0 spiro atoms. The molecule has 552 valence electrons. The predicted molar refractivity (Wildman–Crippen MR) is 473 cm³/mol. The van der Waals surface area contributed by atoms with Gasteiger partial charge in [0.1, 0.15) is 6.20 Å². The molecule has 0 bridgehead atoms.